The van der Waals surface area contributed by atoms with Crippen molar-refractivity contribution >= 4 is 44.6 Å². The van der Waals surface area contributed by atoms with Crippen molar-refractivity contribution in [2.24, 2.45) is 0 Å². The highest BCUT2D eigenvalue weighted by Crippen LogP contribution is 2.43. The largest absolute Gasteiger partial charge is 0.480 e. The first kappa shape index (κ1) is 16.1. The summed E-state index contributed by atoms with van der Waals surface area (Å²) in [4.78, 5) is 38.6. The first-order valence-corrected chi connectivity index (χ1v) is 7.50. The molecule has 2 aromatic rings. The van der Waals surface area contributed by atoms with Gasteiger partial charge in [0.2, 0.25) is 0 Å². The number of aliphatic carboxylic acids is 1. The summed E-state index contributed by atoms with van der Waals surface area (Å²) >= 11 is 3.26. The van der Waals surface area contributed by atoms with E-state index in [1.807, 2.05) is 0 Å². The summed E-state index contributed by atoms with van der Waals surface area (Å²) in [6.45, 7) is -0.714. The van der Waals surface area contributed by atoms with Crippen LogP contribution in [-0.2, 0) is 10.2 Å². The summed E-state index contributed by atoms with van der Waals surface area (Å²) < 4.78 is 0.605. The number of nitrogens with zero attached hydrogens (tertiary/aromatic N) is 3. The molecule has 1 fully saturated rings. The van der Waals surface area contributed by atoms with Gasteiger partial charge in [-0.1, -0.05) is 15.9 Å². The fraction of sp³-hybridized carbons (Fsp3) is 0.214. The van der Waals surface area contributed by atoms with E-state index in [-0.39, 0.29) is 18.7 Å². The second kappa shape index (κ2) is 5.41. The minimum atomic E-state index is -1.68. The zero-order chi connectivity index (χ0) is 17.6. The van der Waals surface area contributed by atoms with E-state index < -0.39 is 28.1 Å². The van der Waals surface area contributed by atoms with Crippen molar-refractivity contribution < 1.29 is 24.7 Å². The summed E-state index contributed by atoms with van der Waals surface area (Å²) in [6, 6.07) is 4.84. The SMILES string of the molecule is O=C(O)N1CC(C(=O)O)(c2c([N+](=O)[O-])cnc3ccc(Br)cc23)C1. The molecule has 1 amide bonds. The van der Waals surface area contributed by atoms with Gasteiger partial charge in [-0.2, -0.15) is 0 Å². The Morgan fingerprint density at radius 1 is 1.33 bits per heavy atom. The predicted octanol–water partition coefficient (Wildman–Crippen LogP) is 2.22. The predicted molar refractivity (Wildman–Crippen MR) is 85.0 cm³/mol. The maximum Gasteiger partial charge on any atom is 0.407 e. The van der Waals surface area contributed by atoms with Crippen molar-refractivity contribution in [1.29, 1.82) is 0 Å². The first-order chi connectivity index (χ1) is 11.3. The number of carbonyl (C=O) groups is 2. The van der Waals surface area contributed by atoms with Crippen LogP contribution in [0.2, 0.25) is 0 Å². The fourth-order valence-electron chi connectivity index (χ4n) is 2.94. The number of hydrogen-bond donors (Lipinski definition) is 2. The number of benzene rings is 1. The van der Waals surface area contributed by atoms with E-state index in [2.05, 4.69) is 20.9 Å². The number of pyridine rings is 1. The number of hydrogen-bond acceptors (Lipinski definition) is 5. The average molecular weight is 396 g/mol. The molecule has 1 aromatic heterocycles. The molecule has 9 nitrogen and oxygen atoms in total. The Morgan fingerprint density at radius 3 is 2.54 bits per heavy atom. The maximum absolute atomic E-state index is 11.9. The van der Waals surface area contributed by atoms with Gasteiger partial charge in [0.15, 0.2) is 0 Å². The molecule has 24 heavy (non-hydrogen) atoms. The van der Waals surface area contributed by atoms with Gasteiger partial charge in [0, 0.05) is 22.9 Å². The Labute approximate surface area is 142 Å². The van der Waals surface area contributed by atoms with Gasteiger partial charge < -0.3 is 15.1 Å². The van der Waals surface area contributed by atoms with Crippen molar-refractivity contribution in [3.8, 4) is 0 Å². The van der Waals surface area contributed by atoms with Gasteiger partial charge in [-0.25, -0.2) is 9.78 Å². The molecule has 0 saturated carbocycles. The van der Waals surface area contributed by atoms with E-state index in [9.17, 15) is 24.8 Å². The normalized spacial score (nSPS) is 15.8. The molecule has 2 heterocycles. The second-order valence-corrected chi connectivity index (χ2v) is 6.38. The Kier molecular flexibility index (Phi) is 3.63. The first-order valence-electron chi connectivity index (χ1n) is 6.70. The lowest BCUT2D eigenvalue weighted by Crippen LogP contribution is -2.65. The van der Waals surface area contributed by atoms with Crippen molar-refractivity contribution in [1.82, 2.24) is 9.88 Å². The van der Waals surface area contributed by atoms with Crippen molar-refractivity contribution in [3.05, 3.63) is 44.5 Å². The highest BCUT2D eigenvalue weighted by atomic mass is 79.9. The van der Waals surface area contributed by atoms with E-state index in [1.165, 1.54) is 0 Å². The molecule has 0 unspecified atom stereocenters. The van der Waals surface area contributed by atoms with Gasteiger partial charge in [0.25, 0.3) is 5.69 Å². The molecule has 1 saturated heterocycles. The zero-order valence-corrected chi connectivity index (χ0v) is 13.6. The summed E-state index contributed by atoms with van der Waals surface area (Å²) in [6.07, 6.45) is -0.256. The van der Waals surface area contributed by atoms with Gasteiger partial charge in [-0.3, -0.25) is 14.9 Å². The standard InChI is InChI=1S/C14H10BrN3O6/c15-7-1-2-9-8(3-7)11(10(4-16-9)18(23)24)14(12(19)20)5-17(6-14)13(21)22/h1-4H,5-6H2,(H,19,20)(H,21,22). The Bertz CT molecular complexity index is 893. The van der Waals surface area contributed by atoms with Crippen LogP contribution in [0.25, 0.3) is 10.9 Å². The van der Waals surface area contributed by atoms with Crippen molar-refractivity contribution in [2.45, 2.75) is 5.41 Å². The summed E-state index contributed by atoms with van der Waals surface area (Å²) in [5, 5.41) is 30.4. The van der Waals surface area contributed by atoms with Crippen molar-refractivity contribution in [2.75, 3.05) is 13.1 Å². The van der Waals surface area contributed by atoms with Crippen LogP contribution in [0.15, 0.2) is 28.9 Å². The molecule has 3 rings (SSSR count). The monoisotopic (exact) mass is 395 g/mol. The third kappa shape index (κ3) is 2.26. The van der Waals surface area contributed by atoms with E-state index in [4.69, 9.17) is 5.11 Å². The van der Waals surface area contributed by atoms with Crippen LogP contribution in [-0.4, -0.2) is 50.2 Å². The van der Waals surface area contributed by atoms with Gasteiger partial charge in [0.05, 0.1) is 16.0 Å². The van der Waals surface area contributed by atoms with E-state index in [0.29, 0.717) is 15.4 Å². The number of carboxylic acid groups (broad SMARTS) is 2. The molecule has 0 atom stereocenters. The van der Waals surface area contributed by atoms with Gasteiger partial charge in [-0.05, 0) is 18.2 Å². The van der Waals surface area contributed by atoms with Crippen LogP contribution >= 0.6 is 15.9 Å². The molecule has 2 N–H and O–H groups in total. The Balaban J connectivity index is 2.31. The third-order valence-corrected chi connectivity index (χ3v) is 4.58. The number of nitro groups is 1. The Hall–Kier alpha value is -2.75. The van der Waals surface area contributed by atoms with Crippen LogP contribution in [0, 0.1) is 10.1 Å². The van der Waals surface area contributed by atoms with Gasteiger partial charge in [-0.15, -0.1) is 0 Å². The summed E-state index contributed by atoms with van der Waals surface area (Å²) in [5.41, 5.74) is -1.74. The van der Waals surface area contributed by atoms with E-state index >= 15 is 0 Å². The van der Waals surface area contributed by atoms with Crippen LogP contribution in [0.1, 0.15) is 5.56 Å². The van der Waals surface area contributed by atoms with Gasteiger partial charge >= 0.3 is 12.1 Å². The minimum Gasteiger partial charge on any atom is -0.480 e. The molecule has 1 aliphatic heterocycles. The number of fused-ring (bicyclic) bond motifs is 1. The lowest BCUT2D eigenvalue weighted by Gasteiger charge is -2.45. The van der Waals surface area contributed by atoms with Crippen molar-refractivity contribution in [3.63, 3.8) is 0 Å². The average Bonchev–Trinajstić information content (AvgIpc) is 2.45. The molecule has 10 heteroatoms. The molecule has 0 spiro atoms. The molecule has 124 valence electrons. The highest BCUT2D eigenvalue weighted by Gasteiger charge is 2.56. The number of amides is 1. The minimum absolute atomic E-state index is 0.0243. The van der Waals surface area contributed by atoms with E-state index in [0.717, 1.165) is 11.1 Å². The molecule has 1 aliphatic rings. The van der Waals surface area contributed by atoms with Crippen LogP contribution in [0.3, 0.4) is 0 Å². The third-order valence-electron chi connectivity index (χ3n) is 4.09. The highest BCUT2D eigenvalue weighted by molar-refractivity contribution is 9.10. The van der Waals surface area contributed by atoms with Crippen LogP contribution in [0.5, 0.6) is 0 Å². The summed E-state index contributed by atoms with van der Waals surface area (Å²) in [5.74, 6) is -1.31. The summed E-state index contributed by atoms with van der Waals surface area (Å²) in [7, 11) is 0. The van der Waals surface area contributed by atoms with Crippen LogP contribution < -0.4 is 0 Å². The van der Waals surface area contributed by atoms with E-state index in [1.54, 1.807) is 18.2 Å². The number of rotatable bonds is 3. The van der Waals surface area contributed by atoms with Crippen LogP contribution in [0.4, 0.5) is 10.5 Å². The number of likely N-dealkylation sites (tertiary alicyclic amines) is 1. The molecule has 0 radical (unpaired) electrons. The molecule has 0 bridgehead atoms. The Morgan fingerprint density at radius 2 is 2.00 bits per heavy atom. The fourth-order valence-corrected chi connectivity index (χ4v) is 3.30. The number of aromatic nitrogens is 1. The smallest absolute Gasteiger partial charge is 0.407 e. The lowest BCUT2D eigenvalue weighted by molar-refractivity contribution is -0.386. The number of halogens is 1. The molecule has 1 aromatic carbocycles. The maximum atomic E-state index is 11.9. The lowest BCUT2D eigenvalue weighted by atomic mass is 9.72. The van der Waals surface area contributed by atoms with Gasteiger partial charge in [0.1, 0.15) is 11.6 Å². The molecular weight excluding hydrogens is 386 g/mol. The zero-order valence-electron chi connectivity index (χ0n) is 12.0. The topological polar surface area (TPSA) is 134 Å². The second-order valence-electron chi connectivity index (χ2n) is 5.46. The molecular formula is C14H10BrN3O6. The quantitative estimate of drug-likeness (QED) is 0.600. The molecule has 0 aliphatic carbocycles. The number of carboxylic acids is 1.